The van der Waals surface area contributed by atoms with Gasteiger partial charge in [-0.05, 0) is 6.54 Å². The third-order valence-electron chi connectivity index (χ3n) is 3.64. The molecule has 0 saturated carbocycles. The van der Waals surface area contributed by atoms with Crippen molar-refractivity contribution in [2.75, 3.05) is 26.2 Å². The zero-order chi connectivity index (χ0) is 11.1. The van der Waals surface area contributed by atoms with Crippen molar-refractivity contribution in [3.05, 3.63) is 16.4 Å². The summed E-state index contributed by atoms with van der Waals surface area (Å²) in [5.74, 6) is 0. The molecule has 1 fully saturated rings. The Kier molecular flexibility index (Phi) is 2.65. The fourth-order valence-electron chi connectivity index (χ4n) is 2.59. The van der Waals surface area contributed by atoms with Gasteiger partial charge in [0.25, 0.3) is 0 Å². The van der Waals surface area contributed by atoms with E-state index in [0.717, 1.165) is 39.1 Å². The van der Waals surface area contributed by atoms with Crippen LogP contribution in [0.3, 0.4) is 0 Å². The van der Waals surface area contributed by atoms with Gasteiger partial charge in [-0.2, -0.15) is 5.10 Å². The quantitative estimate of drug-likeness (QED) is 0.839. The SMILES string of the molecule is CCN1CC(n2nc(Cl)c3c2CCNC3)C1. The van der Waals surface area contributed by atoms with Crippen LogP contribution in [0.4, 0.5) is 0 Å². The van der Waals surface area contributed by atoms with Gasteiger partial charge in [-0.3, -0.25) is 9.58 Å². The molecule has 0 unspecified atom stereocenters. The van der Waals surface area contributed by atoms with E-state index in [4.69, 9.17) is 11.6 Å². The van der Waals surface area contributed by atoms with Crippen LogP contribution in [0, 0.1) is 0 Å². The summed E-state index contributed by atoms with van der Waals surface area (Å²) in [6, 6.07) is 0.541. The Labute approximate surface area is 101 Å². The summed E-state index contributed by atoms with van der Waals surface area (Å²) in [6.07, 6.45) is 1.05. The van der Waals surface area contributed by atoms with Crippen molar-refractivity contribution in [1.82, 2.24) is 20.0 Å². The molecule has 0 spiro atoms. The molecule has 3 heterocycles. The lowest BCUT2D eigenvalue weighted by Gasteiger charge is -2.39. The highest BCUT2D eigenvalue weighted by Gasteiger charge is 2.31. The van der Waals surface area contributed by atoms with Crippen LogP contribution < -0.4 is 5.32 Å². The number of nitrogens with zero attached hydrogens (tertiary/aromatic N) is 3. The molecule has 3 rings (SSSR count). The molecule has 5 heteroatoms. The molecule has 2 aliphatic heterocycles. The Morgan fingerprint density at radius 1 is 1.50 bits per heavy atom. The van der Waals surface area contributed by atoms with Gasteiger partial charge in [0.1, 0.15) is 0 Å². The van der Waals surface area contributed by atoms with Crippen LogP contribution in [0.1, 0.15) is 24.2 Å². The van der Waals surface area contributed by atoms with E-state index in [1.807, 2.05) is 0 Å². The molecule has 1 saturated heterocycles. The van der Waals surface area contributed by atoms with E-state index >= 15 is 0 Å². The van der Waals surface area contributed by atoms with E-state index in [0.29, 0.717) is 11.2 Å². The highest BCUT2D eigenvalue weighted by molar-refractivity contribution is 6.30. The molecule has 1 aromatic heterocycles. The predicted octanol–water partition coefficient (Wildman–Crippen LogP) is 1.06. The van der Waals surface area contributed by atoms with Crippen molar-refractivity contribution in [2.24, 2.45) is 0 Å². The minimum atomic E-state index is 0.541. The Morgan fingerprint density at radius 2 is 2.31 bits per heavy atom. The molecular weight excluding hydrogens is 224 g/mol. The number of halogens is 1. The smallest absolute Gasteiger partial charge is 0.155 e. The number of likely N-dealkylation sites (tertiary alicyclic amines) is 1. The number of likely N-dealkylation sites (N-methyl/N-ethyl adjacent to an activating group) is 1. The highest BCUT2D eigenvalue weighted by atomic mass is 35.5. The third-order valence-corrected chi connectivity index (χ3v) is 3.94. The number of nitrogens with one attached hydrogen (secondary N) is 1. The Balaban J connectivity index is 1.85. The lowest BCUT2D eigenvalue weighted by atomic mass is 10.1. The summed E-state index contributed by atoms with van der Waals surface area (Å²) in [4.78, 5) is 2.42. The topological polar surface area (TPSA) is 33.1 Å². The zero-order valence-electron chi connectivity index (χ0n) is 9.54. The highest BCUT2D eigenvalue weighted by Crippen LogP contribution is 2.28. The van der Waals surface area contributed by atoms with Crippen LogP contribution >= 0.6 is 11.6 Å². The summed E-state index contributed by atoms with van der Waals surface area (Å²) < 4.78 is 2.17. The Hall–Kier alpha value is -0.580. The summed E-state index contributed by atoms with van der Waals surface area (Å²) in [5.41, 5.74) is 2.56. The number of fused-ring (bicyclic) bond motifs is 1. The van der Waals surface area contributed by atoms with E-state index in [9.17, 15) is 0 Å². The number of rotatable bonds is 2. The van der Waals surface area contributed by atoms with E-state index in [1.54, 1.807) is 0 Å². The van der Waals surface area contributed by atoms with Gasteiger partial charge in [0.2, 0.25) is 0 Å². The standard InChI is InChI=1S/C11H17ClN4/c1-2-15-6-8(7-15)16-10-3-4-13-5-9(10)11(12)14-16/h8,13H,2-7H2,1H3. The van der Waals surface area contributed by atoms with Gasteiger partial charge in [0.05, 0.1) is 6.04 Å². The minimum Gasteiger partial charge on any atom is -0.312 e. The van der Waals surface area contributed by atoms with Gasteiger partial charge < -0.3 is 5.32 Å². The largest absolute Gasteiger partial charge is 0.312 e. The Bertz CT molecular complexity index is 395. The molecule has 0 radical (unpaired) electrons. The van der Waals surface area contributed by atoms with Crippen LogP contribution in [0.25, 0.3) is 0 Å². The fraction of sp³-hybridized carbons (Fsp3) is 0.727. The minimum absolute atomic E-state index is 0.541. The van der Waals surface area contributed by atoms with Gasteiger partial charge in [0.15, 0.2) is 5.15 Å². The van der Waals surface area contributed by atoms with Crippen molar-refractivity contribution in [3.63, 3.8) is 0 Å². The van der Waals surface area contributed by atoms with Crippen LogP contribution in [0.15, 0.2) is 0 Å². The lowest BCUT2D eigenvalue weighted by molar-refractivity contribution is 0.103. The van der Waals surface area contributed by atoms with E-state index in [1.165, 1.54) is 11.3 Å². The van der Waals surface area contributed by atoms with Crippen LogP contribution in [0.5, 0.6) is 0 Å². The molecule has 16 heavy (non-hydrogen) atoms. The van der Waals surface area contributed by atoms with E-state index in [2.05, 4.69) is 26.9 Å². The van der Waals surface area contributed by atoms with Crippen LogP contribution in [-0.2, 0) is 13.0 Å². The zero-order valence-corrected chi connectivity index (χ0v) is 10.3. The fourth-order valence-corrected chi connectivity index (χ4v) is 2.85. The molecule has 0 atom stereocenters. The van der Waals surface area contributed by atoms with Crippen molar-refractivity contribution in [2.45, 2.75) is 25.9 Å². The molecule has 88 valence electrons. The van der Waals surface area contributed by atoms with E-state index < -0.39 is 0 Å². The maximum absolute atomic E-state index is 6.17. The van der Waals surface area contributed by atoms with Crippen molar-refractivity contribution >= 4 is 11.6 Å². The average molecular weight is 241 g/mol. The second-order valence-corrected chi connectivity index (χ2v) is 4.95. The second kappa shape index (κ2) is 4.02. The molecule has 0 aromatic carbocycles. The number of hydrogen-bond donors (Lipinski definition) is 1. The molecule has 0 amide bonds. The van der Waals surface area contributed by atoms with Crippen LogP contribution in [0.2, 0.25) is 5.15 Å². The van der Waals surface area contributed by atoms with Gasteiger partial charge in [-0.25, -0.2) is 0 Å². The first-order valence-electron chi connectivity index (χ1n) is 5.98. The monoisotopic (exact) mass is 240 g/mol. The van der Waals surface area contributed by atoms with Crippen LogP contribution in [-0.4, -0.2) is 40.9 Å². The normalized spacial score (nSPS) is 21.9. The molecule has 0 aliphatic carbocycles. The lowest BCUT2D eigenvalue weighted by Crippen LogP contribution is -2.48. The summed E-state index contributed by atoms with van der Waals surface area (Å²) in [5, 5.41) is 8.53. The molecule has 0 bridgehead atoms. The molecular formula is C11H17ClN4. The average Bonchev–Trinajstić information content (AvgIpc) is 2.56. The van der Waals surface area contributed by atoms with Crippen molar-refractivity contribution in [3.8, 4) is 0 Å². The second-order valence-electron chi connectivity index (χ2n) is 4.59. The summed E-state index contributed by atoms with van der Waals surface area (Å²) >= 11 is 6.17. The van der Waals surface area contributed by atoms with Gasteiger partial charge >= 0.3 is 0 Å². The van der Waals surface area contributed by atoms with Gasteiger partial charge in [0, 0.05) is 43.9 Å². The third kappa shape index (κ3) is 1.56. The molecule has 1 aromatic rings. The van der Waals surface area contributed by atoms with Crippen molar-refractivity contribution in [1.29, 1.82) is 0 Å². The molecule has 1 N–H and O–H groups in total. The molecule has 4 nitrogen and oxygen atoms in total. The van der Waals surface area contributed by atoms with Gasteiger partial charge in [-0.1, -0.05) is 18.5 Å². The summed E-state index contributed by atoms with van der Waals surface area (Å²) in [6.45, 7) is 7.49. The van der Waals surface area contributed by atoms with E-state index in [-0.39, 0.29) is 0 Å². The first-order chi connectivity index (χ1) is 7.79. The predicted molar refractivity (Wildman–Crippen MR) is 63.8 cm³/mol. The first-order valence-corrected chi connectivity index (χ1v) is 6.36. The summed E-state index contributed by atoms with van der Waals surface area (Å²) in [7, 11) is 0. The number of hydrogen-bond acceptors (Lipinski definition) is 3. The Morgan fingerprint density at radius 3 is 3.06 bits per heavy atom. The maximum Gasteiger partial charge on any atom is 0.155 e. The first kappa shape index (κ1) is 10.6. The van der Waals surface area contributed by atoms with Crippen molar-refractivity contribution < 1.29 is 0 Å². The molecule has 2 aliphatic rings. The maximum atomic E-state index is 6.17. The number of aromatic nitrogens is 2. The van der Waals surface area contributed by atoms with Gasteiger partial charge in [-0.15, -0.1) is 0 Å².